The van der Waals surface area contributed by atoms with E-state index in [1.165, 1.54) is 0 Å². The largest absolute Gasteiger partial charge is 0.323 e. The van der Waals surface area contributed by atoms with Crippen molar-refractivity contribution in [1.82, 2.24) is 9.97 Å². The van der Waals surface area contributed by atoms with E-state index in [0.29, 0.717) is 22.9 Å². The molecule has 0 saturated heterocycles. The Balaban J connectivity index is 2.17. The molecule has 18 heavy (non-hydrogen) atoms. The number of fused-ring (bicyclic) bond motifs is 2. The Bertz CT molecular complexity index is 651. The van der Waals surface area contributed by atoms with Gasteiger partial charge in [0.05, 0.1) is 11.3 Å². The predicted molar refractivity (Wildman–Crippen MR) is 69.2 cm³/mol. The van der Waals surface area contributed by atoms with Gasteiger partial charge in [0, 0.05) is 11.9 Å². The second kappa shape index (κ2) is 3.80. The fourth-order valence-corrected chi connectivity index (χ4v) is 1.90. The molecule has 0 radical (unpaired) electrons. The fraction of sp³-hybridized carbons (Fsp3) is 0.154. The van der Waals surface area contributed by atoms with Gasteiger partial charge in [0.2, 0.25) is 0 Å². The molecule has 0 fully saturated rings. The molecule has 90 valence electrons. The third-order valence-corrected chi connectivity index (χ3v) is 2.79. The number of amides is 1. The lowest BCUT2D eigenvalue weighted by molar-refractivity contribution is 0.102. The minimum atomic E-state index is -0.170. The minimum absolute atomic E-state index is 0.170. The number of nitrogens with zero attached hydrogens (tertiary/aromatic N) is 2. The number of anilines is 3. The molecule has 3 rings (SSSR count). The van der Waals surface area contributed by atoms with Crippen LogP contribution in [0, 0.1) is 13.8 Å². The lowest BCUT2D eigenvalue weighted by Crippen LogP contribution is -2.11. The summed E-state index contributed by atoms with van der Waals surface area (Å²) in [7, 11) is 0. The number of carbonyl (C=O) groups excluding carboxylic acids is 1. The molecule has 1 amide bonds. The number of pyridine rings is 2. The maximum atomic E-state index is 12.1. The van der Waals surface area contributed by atoms with E-state index < -0.39 is 0 Å². The Morgan fingerprint density at radius 1 is 1.11 bits per heavy atom. The Morgan fingerprint density at radius 3 is 2.78 bits per heavy atom. The van der Waals surface area contributed by atoms with Gasteiger partial charge in [-0.2, -0.15) is 0 Å². The van der Waals surface area contributed by atoms with E-state index >= 15 is 0 Å². The zero-order valence-corrected chi connectivity index (χ0v) is 10.1. The van der Waals surface area contributed by atoms with Gasteiger partial charge >= 0.3 is 0 Å². The van der Waals surface area contributed by atoms with Crippen LogP contribution in [0.3, 0.4) is 0 Å². The van der Waals surface area contributed by atoms with Crippen molar-refractivity contribution in [2.75, 3.05) is 10.6 Å². The van der Waals surface area contributed by atoms with Crippen LogP contribution >= 0.6 is 0 Å². The summed E-state index contributed by atoms with van der Waals surface area (Å²) < 4.78 is 0. The van der Waals surface area contributed by atoms with Gasteiger partial charge < -0.3 is 10.6 Å². The van der Waals surface area contributed by atoms with Crippen molar-refractivity contribution in [3.8, 4) is 0 Å². The monoisotopic (exact) mass is 240 g/mol. The van der Waals surface area contributed by atoms with Crippen molar-refractivity contribution in [1.29, 1.82) is 0 Å². The van der Waals surface area contributed by atoms with Gasteiger partial charge in [-0.1, -0.05) is 0 Å². The zero-order chi connectivity index (χ0) is 12.7. The Kier molecular flexibility index (Phi) is 2.26. The van der Waals surface area contributed by atoms with Crippen LogP contribution in [0.5, 0.6) is 0 Å². The van der Waals surface area contributed by atoms with Gasteiger partial charge in [-0.15, -0.1) is 0 Å². The molecule has 0 unspecified atom stereocenters. The summed E-state index contributed by atoms with van der Waals surface area (Å²) in [6.07, 6.45) is 1.75. The standard InChI is InChI=1S/C13H12N4O/c1-7-5-10-12(14-6-7)17-11-9(13(18)16-10)4-3-8(2)15-11/h3-6H,1-2H3,(H,16,18)(H,14,15,17). The van der Waals surface area contributed by atoms with Crippen molar-refractivity contribution in [3.05, 3.63) is 41.2 Å². The first kappa shape index (κ1) is 10.7. The summed E-state index contributed by atoms with van der Waals surface area (Å²) in [5.41, 5.74) is 3.04. The first-order valence-corrected chi connectivity index (χ1v) is 5.66. The fourth-order valence-electron chi connectivity index (χ4n) is 1.90. The molecule has 2 aromatic rings. The molecule has 5 nitrogen and oxygen atoms in total. The summed E-state index contributed by atoms with van der Waals surface area (Å²) in [4.78, 5) is 20.7. The van der Waals surface area contributed by atoms with Crippen LogP contribution in [0.1, 0.15) is 21.6 Å². The van der Waals surface area contributed by atoms with Crippen LogP contribution in [0.4, 0.5) is 17.3 Å². The molecule has 3 heterocycles. The number of carbonyl (C=O) groups is 1. The third kappa shape index (κ3) is 1.69. The SMILES string of the molecule is Cc1cnc2c(c1)NC(=O)c1ccc(C)nc1N2. The van der Waals surface area contributed by atoms with Crippen LogP contribution in [0.25, 0.3) is 0 Å². The lowest BCUT2D eigenvalue weighted by atomic mass is 10.2. The van der Waals surface area contributed by atoms with E-state index in [0.717, 1.165) is 11.3 Å². The molecule has 2 aromatic heterocycles. The van der Waals surface area contributed by atoms with Crippen molar-refractivity contribution in [2.45, 2.75) is 13.8 Å². The van der Waals surface area contributed by atoms with Crippen LogP contribution in [0.2, 0.25) is 0 Å². The molecule has 1 aliphatic rings. The minimum Gasteiger partial charge on any atom is -0.323 e. The molecule has 0 bridgehead atoms. The molecular formula is C13H12N4O. The first-order valence-electron chi connectivity index (χ1n) is 5.66. The third-order valence-electron chi connectivity index (χ3n) is 2.79. The summed E-state index contributed by atoms with van der Waals surface area (Å²) in [5.74, 6) is 0.990. The average molecular weight is 240 g/mol. The summed E-state index contributed by atoms with van der Waals surface area (Å²) in [6.45, 7) is 3.81. The van der Waals surface area contributed by atoms with Gasteiger partial charge in [0.25, 0.3) is 5.91 Å². The van der Waals surface area contributed by atoms with Crippen LogP contribution in [-0.2, 0) is 0 Å². The highest BCUT2D eigenvalue weighted by Gasteiger charge is 2.20. The second-order valence-corrected chi connectivity index (χ2v) is 4.34. The molecule has 0 atom stereocenters. The number of hydrogen-bond donors (Lipinski definition) is 2. The van der Waals surface area contributed by atoms with Gasteiger partial charge in [-0.05, 0) is 37.6 Å². The second-order valence-electron chi connectivity index (χ2n) is 4.34. The van der Waals surface area contributed by atoms with Gasteiger partial charge in [0.1, 0.15) is 5.82 Å². The molecule has 5 heteroatoms. The summed E-state index contributed by atoms with van der Waals surface area (Å²) >= 11 is 0. The van der Waals surface area contributed by atoms with Crippen molar-refractivity contribution in [3.63, 3.8) is 0 Å². The normalized spacial score (nSPS) is 12.9. The predicted octanol–water partition coefficient (Wildman–Crippen LogP) is 2.40. The van der Waals surface area contributed by atoms with Gasteiger partial charge in [0.15, 0.2) is 5.82 Å². The van der Waals surface area contributed by atoms with Gasteiger partial charge in [-0.25, -0.2) is 9.97 Å². The lowest BCUT2D eigenvalue weighted by Gasteiger charge is -2.07. The molecule has 0 aliphatic carbocycles. The van der Waals surface area contributed by atoms with Crippen LogP contribution < -0.4 is 10.6 Å². The Hall–Kier alpha value is -2.43. The number of rotatable bonds is 0. The molecule has 0 spiro atoms. The van der Waals surface area contributed by atoms with Crippen molar-refractivity contribution in [2.24, 2.45) is 0 Å². The first-order chi connectivity index (χ1) is 8.63. The smallest absolute Gasteiger partial charge is 0.259 e. The van der Waals surface area contributed by atoms with Crippen LogP contribution in [0.15, 0.2) is 24.4 Å². The highest BCUT2D eigenvalue weighted by Crippen LogP contribution is 2.29. The van der Waals surface area contributed by atoms with E-state index in [1.807, 2.05) is 26.0 Å². The molecule has 0 saturated carbocycles. The maximum Gasteiger partial charge on any atom is 0.259 e. The molecular weight excluding hydrogens is 228 g/mol. The summed E-state index contributed by atoms with van der Waals surface area (Å²) in [5, 5.41) is 5.93. The number of hydrogen-bond acceptors (Lipinski definition) is 4. The quantitative estimate of drug-likeness (QED) is 0.742. The molecule has 1 aliphatic heterocycles. The molecule has 0 aromatic carbocycles. The van der Waals surface area contributed by atoms with E-state index in [-0.39, 0.29) is 5.91 Å². The number of nitrogens with one attached hydrogen (secondary N) is 2. The van der Waals surface area contributed by atoms with E-state index in [1.54, 1.807) is 12.3 Å². The summed E-state index contributed by atoms with van der Waals surface area (Å²) in [6, 6.07) is 5.46. The Morgan fingerprint density at radius 2 is 1.94 bits per heavy atom. The van der Waals surface area contributed by atoms with Crippen molar-refractivity contribution >= 4 is 23.2 Å². The Labute approximate surface area is 104 Å². The zero-order valence-electron chi connectivity index (χ0n) is 10.1. The average Bonchev–Trinajstić information content (AvgIpc) is 2.44. The van der Waals surface area contributed by atoms with Crippen LogP contribution in [-0.4, -0.2) is 15.9 Å². The highest BCUT2D eigenvalue weighted by molar-refractivity contribution is 6.11. The van der Waals surface area contributed by atoms with Gasteiger partial charge in [-0.3, -0.25) is 4.79 Å². The topological polar surface area (TPSA) is 66.9 Å². The van der Waals surface area contributed by atoms with E-state index in [9.17, 15) is 4.79 Å². The highest BCUT2D eigenvalue weighted by atomic mass is 16.1. The van der Waals surface area contributed by atoms with E-state index in [2.05, 4.69) is 20.6 Å². The van der Waals surface area contributed by atoms with Crippen molar-refractivity contribution < 1.29 is 4.79 Å². The molecule has 2 N–H and O–H groups in total. The maximum absolute atomic E-state index is 12.1. The number of aryl methyl sites for hydroxylation is 2. The number of aromatic nitrogens is 2. The van der Waals surface area contributed by atoms with E-state index in [4.69, 9.17) is 0 Å².